The SMILES string of the molecule is CC[C@H](CO)NC(=O)c1ccc(C)c(C(F)(F)F)c1. The lowest BCUT2D eigenvalue weighted by atomic mass is 10.0. The molecule has 0 spiro atoms. The molecule has 1 aromatic carbocycles. The Morgan fingerprint density at radius 3 is 2.53 bits per heavy atom. The van der Waals surface area contributed by atoms with Crippen LogP contribution in [0.15, 0.2) is 18.2 Å². The van der Waals surface area contributed by atoms with Crippen molar-refractivity contribution in [2.45, 2.75) is 32.5 Å². The van der Waals surface area contributed by atoms with E-state index in [1.807, 2.05) is 0 Å². The van der Waals surface area contributed by atoms with E-state index in [1.54, 1.807) is 6.92 Å². The second-order valence-corrected chi connectivity index (χ2v) is 4.29. The smallest absolute Gasteiger partial charge is 0.394 e. The molecule has 0 saturated heterocycles. The number of aryl methyl sites for hydroxylation is 1. The van der Waals surface area contributed by atoms with Gasteiger partial charge in [-0.3, -0.25) is 4.79 Å². The van der Waals surface area contributed by atoms with Gasteiger partial charge < -0.3 is 10.4 Å². The van der Waals surface area contributed by atoms with Gasteiger partial charge in [0.2, 0.25) is 0 Å². The molecule has 6 heteroatoms. The summed E-state index contributed by atoms with van der Waals surface area (Å²) >= 11 is 0. The van der Waals surface area contributed by atoms with E-state index >= 15 is 0 Å². The first-order valence-corrected chi connectivity index (χ1v) is 5.89. The van der Waals surface area contributed by atoms with Crippen molar-refractivity contribution in [3.63, 3.8) is 0 Å². The maximum atomic E-state index is 12.7. The Morgan fingerprint density at radius 2 is 2.05 bits per heavy atom. The summed E-state index contributed by atoms with van der Waals surface area (Å²) in [5.41, 5.74) is -0.819. The van der Waals surface area contributed by atoms with Gasteiger partial charge in [-0.2, -0.15) is 13.2 Å². The number of benzene rings is 1. The molecule has 0 unspecified atom stereocenters. The van der Waals surface area contributed by atoms with Crippen LogP contribution in [0.2, 0.25) is 0 Å². The Labute approximate surface area is 109 Å². The number of hydrogen-bond donors (Lipinski definition) is 2. The summed E-state index contributed by atoms with van der Waals surface area (Å²) in [4.78, 5) is 11.8. The van der Waals surface area contributed by atoms with Gasteiger partial charge in [0.1, 0.15) is 0 Å². The summed E-state index contributed by atoms with van der Waals surface area (Å²) in [7, 11) is 0. The first kappa shape index (κ1) is 15.5. The van der Waals surface area contributed by atoms with Gasteiger partial charge in [0.05, 0.1) is 18.2 Å². The standard InChI is InChI=1S/C13H16F3NO2/c1-3-10(7-18)17-12(19)9-5-4-8(2)11(6-9)13(14,15)16/h4-6,10,18H,3,7H2,1-2H3,(H,17,19)/t10-/m1/s1. The van der Waals surface area contributed by atoms with E-state index in [4.69, 9.17) is 5.11 Å². The molecule has 0 heterocycles. The molecule has 0 aromatic heterocycles. The molecule has 0 fully saturated rings. The Kier molecular flexibility index (Phi) is 4.94. The van der Waals surface area contributed by atoms with E-state index in [0.29, 0.717) is 6.42 Å². The zero-order valence-corrected chi connectivity index (χ0v) is 10.7. The zero-order valence-electron chi connectivity index (χ0n) is 10.7. The van der Waals surface area contributed by atoms with E-state index in [0.717, 1.165) is 6.07 Å². The van der Waals surface area contributed by atoms with E-state index in [1.165, 1.54) is 19.1 Å². The van der Waals surface area contributed by atoms with Crippen molar-refractivity contribution in [2.24, 2.45) is 0 Å². The molecule has 1 atom stereocenters. The minimum Gasteiger partial charge on any atom is -0.394 e. The fourth-order valence-corrected chi connectivity index (χ4v) is 1.61. The van der Waals surface area contributed by atoms with Crippen LogP contribution in [0.1, 0.15) is 34.8 Å². The number of halogens is 3. The molecule has 1 rings (SSSR count). The third-order valence-electron chi connectivity index (χ3n) is 2.85. The molecule has 0 bridgehead atoms. The van der Waals surface area contributed by atoms with Gasteiger partial charge in [0.25, 0.3) is 5.91 Å². The molecule has 2 N–H and O–H groups in total. The van der Waals surface area contributed by atoms with E-state index in [9.17, 15) is 18.0 Å². The number of hydrogen-bond acceptors (Lipinski definition) is 2. The first-order chi connectivity index (χ1) is 8.79. The highest BCUT2D eigenvalue weighted by Gasteiger charge is 2.33. The van der Waals surface area contributed by atoms with Crippen molar-refractivity contribution in [3.8, 4) is 0 Å². The molecule has 0 aliphatic carbocycles. The Bertz CT molecular complexity index is 454. The van der Waals surface area contributed by atoms with Gasteiger partial charge in [-0.1, -0.05) is 13.0 Å². The van der Waals surface area contributed by atoms with Crippen molar-refractivity contribution in [1.82, 2.24) is 5.32 Å². The van der Waals surface area contributed by atoms with E-state index in [2.05, 4.69) is 5.32 Å². The molecular formula is C13H16F3NO2. The number of amides is 1. The minimum atomic E-state index is -4.48. The summed E-state index contributed by atoms with van der Waals surface area (Å²) in [5.74, 6) is -0.619. The fraction of sp³-hybridized carbons (Fsp3) is 0.462. The molecule has 19 heavy (non-hydrogen) atoms. The van der Waals surface area contributed by atoms with E-state index in [-0.39, 0.29) is 17.7 Å². The topological polar surface area (TPSA) is 49.3 Å². The minimum absolute atomic E-state index is 0.0650. The highest BCUT2D eigenvalue weighted by Crippen LogP contribution is 2.32. The predicted molar refractivity (Wildman–Crippen MR) is 64.8 cm³/mol. The van der Waals surface area contributed by atoms with Gasteiger partial charge in [-0.25, -0.2) is 0 Å². The van der Waals surface area contributed by atoms with Crippen molar-refractivity contribution in [1.29, 1.82) is 0 Å². The number of carbonyl (C=O) groups excluding carboxylic acids is 1. The van der Waals surface area contributed by atoms with Crippen molar-refractivity contribution < 1.29 is 23.1 Å². The number of alkyl halides is 3. The average molecular weight is 275 g/mol. The normalized spacial score (nSPS) is 13.2. The third-order valence-corrected chi connectivity index (χ3v) is 2.85. The Hall–Kier alpha value is -1.56. The summed E-state index contributed by atoms with van der Waals surface area (Å²) in [6.07, 6.45) is -3.98. The molecule has 0 aliphatic rings. The van der Waals surface area contributed by atoms with E-state index < -0.39 is 23.7 Å². The Balaban J connectivity index is 2.99. The van der Waals surface area contributed by atoms with Crippen LogP contribution >= 0.6 is 0 Å². The summed E-state index contributed by atoms with van der Waals surface area (Å²) in [6, 6.07) is 2.97. The lowest BCUT2D eigenvalue weighted by Crippen LogP contribution is -2.37. The summed E-state index contributed by atoms with van der Waals surface area (Å²) < 4.78 is 38.1. The van der Waals surface area contributed by atoms with Gasteiger partial charge in [-0.05, 0) is 31.0 Å². The van der Waals surface area contributed by atoms with Crippen LogP contribution in [0.25, 0.3) is 0 Å². The summed E-state index contributed by atoms with van der Waals surface area (Å²) in [5, 5.41) is 11.4. The monoisotopic (exact) mass is 275 g/mol. The maximum Gasteiger partial charge on any atom is 0.416 e. The molecule has 1 aromatic rings. The number of carbonyl (C=O) groups is 1. The number of aliphatic hydroxyl groups is 1. The van der Waals surface area contributed by atoms with Crippen molar-refractivity contribution >= 4 is 5.91 Å². The van der Waals surface area contributed by atoms with Crippen LogP contribution in [0.4, 0.5) is 13.2 Å². The maximum absolute atomic E-state index is 12.7. The molecule has 0 aliphatic heterocycles. The van der Waals surface area contributed by atoms with Crippen LogP contribution in [-0.2, 0) is 6.18 Å². The molecule has 3 nitrogen and oxygen atoms in total. The van der Waals surface area contributed by atoms with Crippen LogP contribution in [0.3, 0.4) is 0 Å². The molecule has 106 valence electrons. The lowest BCUT2D eigenvalue weighted by molar-refractivity contribution is -0.138. The third kappa shape index (κ3) is 3.96. The highest BCUT2D eigenvalue weighted by atomic mass is 19.4. The second kappa shape index (κ2) is 6.06. The van der Waals surface area contributed by atoms with Crippen molar-refractivity contribution in [2.75, 3.05) is 6.61 Å². The summed E-state index contributed by atoms with van der Waals surface area (Å²) in [6.45, 7) is 2.85. The van der Waals surface area contributed by atoms with Crippen molar-refractivity contribution in [3.05, 3.63) is 34.9 Å². The van der Waals surface area contributed by atoms with Crippen LogP contribution < -0.4 is 5.32 Å². The van der Waals surface area contributed by atoms with Crippen LogP contribution in [0.5, 0.6) is 0 Å². The quantitative estimate of drug-likeness (QED) is 0.887. The average Bonchev–Trinajstić information content (AvgIpc) is 2.34. The molecule has 0 saturated carbocycles. The highest BCUT2D eigenvalue weighted by molar-refractivity contribution is 5.94. The first-order valence-electron chi connectivity index (χ1n) is 5.89. The van der Waals surface area contributed by atoms with Crippen LogP contribution in [0, 0.1) is 6.92 Å². The van der Waals surface area contributed by atoms with Gasteiger partial charge in [0.15, 0.2) is 0 Å². The number of aliphatic hydroxyl groups excluding tert-OH is 1. The fourth-order valence-electron chi connectivity index (χ4n) is 1.61. The predicted octanol–water partition coefficient (Wildman–Crippen LogP) is 2.51. The molecule has 0 radical (unpaired) electrons. The molecule has 1 amide bonds. The molecular weight excluding hydrogens is 259 g/mol. The van der Waals surface area contributed by atoms with Gasteiger partial charge in [0, 0.05) is 5.56 Å². The second-order valence-electron chi connectivity index (χ2n) is 4.29. The zero-order chi connectivity index (χ0) is 14.6. The lowest BCUT2D eigenvalue weighted by Gasteiger charge is -2.15. The number of rotatable bonds is 4. The largest absolute Gasteiger partial charge is 0.416 e. The van der Waals surface area contributed by atoms with Crippen LogP contribution in [-0.4, -0.2) is 23.7 Å². The Morgan fingerprint density at radius 1 is 1.42 bits per heavy atom. The van der Waals surface area contributed by atoms with Gasteiger partial charge in [-0.15, -0.1) is 0 Å². The number of nitrogens with one attached hydrogen (secondary N) is 1. The van der Waals surface area contributed by atoms with Gasteiger partial charge >= 0.3 is 6.18 Å².